The monoisotopic (exact) mass is 411 g/mol. The second kappa shape index (κ2) is 9.82. The second-order valence-corrected chi connectivity index (χ2v) is 6.37. The van der Waals surface area contributed by atoms with Crippen molar-refractivity contribution in [1.29, 1.82) is 0 Å². The van der Waals surface area contributed by atoms with E-state index in [0.29, 0.717) is 34.3 Å². The first-order valence-corrected chi connectivity index (χ1v) is 9.56. The Morgan fingerprint density at radius 1 is 1.07 bits per heavy atom. The first kappa shape index (κ1) is 21.2. The van der Waals surface area contributed by atoms with Gasteiger partial charge in [-0.2, -0.15) is 0 Å². The lowest BCUT2D eigenvalue weighted by Gasteiger charge is -2.14. The van der Waals surface area contributed by atoms with Gasteiger partial charge in [-0.15, -0.1) is 0 Å². The Labute approximate surface area is 175 Å². The Hall–Kier alpha value is -3.48. The van der Waals surface area contributed by atoms with Gasteiger partial charge in [0.05, 0.1) is 38.5 Å². The minimum atomic E-state index is -0.448. The fraction of sp³-hybridized carbons (Fsp3) is 0.304. The standard InChI is InChI=1S/C23H25NO6/c1-5-29-21(25)14-30-23-18(15-6-8-16(26-2)9-7-15)13-24-19-12-17(27-3)10-11-20(28-4)22(19)23/h6-10,12-13H,5,11,14H2,1-4H3. The Kier molecular flexibility index (Phi) is 6.95. The lowest BCUT2D eigenvalue weighted by molar-refractivity contribution is -0.145. The van der Waals surface area contributed by atoms with E-state index in [-0.39, 0.29) is 13.2 Å². The van der Waals surface area contributed by atoms with Crippen LogP contribution in [-0.4, -0.2) is 45.5 Å². The SMILES string of the molecule is CCOC(=O)COc1c(-c2ccc(OC)cc2)cnc2c1=C(OC)CC=C(OC)C=2. The summed E-state index contributed by atoms with van der Waals surface area (Å²) in [5.74, 6) is 2.12. The van der Waals surface area contributed by atoms with Crippen LogP contribution in [0.25, 0.3) is 23.0 Å². The van der Waals surface area contributed by atoms with E-state index in [2.05, 4.69) is 4.98 Å². The highest BCUT2D eigenvalue weighted by Crippen LogP contribution is 2.28. The molecule has 0 bridgehead atoms. The van der Waals surface area contributed by atoms with Gasteiger partial charge in [-0.1, -0.05) is 12.1 Å². The number of carbonyl (C=O) groups excluding carboxylic acids is 1. The third kappa shape index (κ3) is 4.56. The van der Waals surface area contributed by atoms with Crippen molar-refractivity contribution in [3.05, 3.63) is 52.9 Å². The molecule has 7 nitrogen and oxygen atoms in total. The lowest BCUT2D eigenvalue weighted by Crippen LogP contribution is -2.33. The summed E-state index contributed by atoms with van der Waals surface area (Å²) in [4.78, 5) is 16.6. The van der Waals surface area contributed by atoms with Crippen molar-refractivity contribution in [3.63, 3.8) is 0 Å². The molecule has 0 saturated heterocycles. The number of allylic oxidation sites excluding steroid dienone is 1. The number of hydrogen-bond donors (Lipinski definition) is 0. The van der Waals surface area contributed by atoms with Gasteiger partial charge >= 0.3 is 5.97 Å². The van der Waals surface area contributed by atoms with Crippen molar-refractivity contribution in [2.24, 2.45) is 0 Å². The molecule has 0 saturated carbocycles. The van der Waals surface area contributed by atoms with E-state index in [4.69, 9.17) is 23.7 Å². The van der Waals surface area contributed by atoms with E-state index in [1.165, 1.54) is 0 Å². The van der Waals surface area contributed by atoms with E-state index in [1.54, 1.807) is 34.4 Å². The molecule has 1 aromatic heterocycles. The molecule has 158 valence electrons. The number of aromatic nitrogens is 1. The maximum Gasteiger partial charge on any atom is 0.344 e. The molecule has 2 aromatic rings. The van der Waals surface area contributed by atoms with Crippen molar-refractivity contribution in [2.75, 3.05) is 34.5 Å². The van der Waals surface area contributed by atoms with Gasteiger partial charge in [0.2, 0.25) is 0 Å². The molecule has 1 heterocycles. The number of pyridine rings is 1. The fourth-order valence-corrected chi connectivity index (χ4v) is 3.16. The highest BCUT2D eigenvalue weighted by atomic mass is 16.6. The topological polar surface area (TPSA) is 76.1 Å². The average Bonchev–Trinajstić information content (AvgIpc) is 2.96. The van der Waals surface area contributed by atoms with Crippen LogP contribution in [0, 0.1) is 0 Å². The van der Waals surface area contributed by atoms with Crippen LogP contribution in [-0.2, 0) is 19.0 Å². The van der Waals surface area contributed by atoms with Gasteiger partial charge in [0, 0.05) is 24.3 Å². The molecule has 0 spiro atoms. The van der Waals surface area contributed by atoms with E-state index in [1.807, 2.05) is 36.4 Å². The van der Waals surface area contributed by atoms with Crippen molar-refractivity contribution >= 4 is 17.8 Å². The molecule has 1 aliphatic rings. The van der Waals surface area contributed by atoms with Crippen LogP contribution in [0.1, 0.15) is 13.3 Å². The maximum absolute atomic E-state index is 12.0. The molecule has 0 unspecified atom stereocenters. The first-order chi connectivity index (χ1) is 14.6. The molecular weight excluding hydrogens is 386 g/mol. The number of carbonyl (C=O) groups is 1. The summed E-state index contributed by atoms with van der Waals surface area (Å²) in [6, 6.07) is 7.53. The van der Waals surface area contributed by atoms with Gasteiger partial charge in [-0.3, -0.25) is 4.98 Å². The molecule has 0 amide bonds. The Morgan fingerprint density at radius 3 is 2.47 bits per heavy atom. The molecule has 0 aliphatic heterocycles. The average molecular weight is 411 g/mol. The first-order valence-electron chi connectivity index (χ1n) is 9.56. The third-order valence-corrected chi connectivity index (χ3v) is 4.63. The normalized spacial score (nSPS) is 12.7. The Bertz CT molecular complexity index is 1060. The van der Waals surface area contributed by atoms with Crippen LogP contribution in [0.5, 0.6) is 11.5 Å². The summed E-state index contributed by atoms with van der Waals surface area (Å²) in [5, 5.41) is 1.31. The van der Waals surface area contributed by atoms with Crippen LogP contribution < -0.4 is 20.0 Å². The zero-order chi connectivity index (χ0) is 21.5. The number of fused-ring (bicyclic) bond motifs is 1. The molecule has 0 fully saturated rings. The van der Waals surface area contributed by atoms with E-state index in [0.717, 1.165) is 16.9 Å². The second-order valence-electron chi connectivity index (χ2n) is 6.37. The van der Waals surface area contributed by atoms with E-state index in [9.17, 15) is 4.79 Å². The largest absolute Gasteiger partial charge is 0.500 e. The molecule has 1 aliphatic carbocycles. The van der Waals surface area contributed by atoms with Crippen LogP contribution in [0.3, 0.4) is 0 Å². The van der Waals surface area contributed by atoms with E-state index >= 15 is 0 Å². The highest BCUT2D eigenvalue weighted by molar-refractivity contribution is 5.74. The minimum Gasteiger partial charge on any atom is -0.500 e. The zero-order valence-corrected chi connectivity index (χ0v) is 17.6. The summed E-state index contributed by atoms with van der Waals surface area (Å²) < 4.78 is 27.3. The quantitative estimate of drug-likeness (QED) is 0.616. The number of hydrogen-bond acceptors (Lipinski definition) is 7. The van der Waals surface area contributed by atoms with Gasteiger partial charge in [-0.05, 0) is 30.7 Å². The molecule has 0 atom stereocenters. The molecule has 1 aromatic carbocycles. The number of ether oxygens (including phenoxy) is 5. The van der Waals surface area contributed by atoms with E-state index < -0.39 is 5.97 Å². The van der Waals surface area contributed by atoms with Crippen molar-refractivity contribution < 1.29 is 28.5 Å². The highest BCUT2D eigenvalue weighted by Gasteiger charge is 2.18. The molecule has 0 radical (unpaired) electrons. The minimum absolute atomic E-state index is 0.227. The maximum atomic E-state index is 12.0. The smallest absolute Gasteiger partial charge is 0.344 e. The zero-order valence-electron chi connectivity index (χ0n) is 17.6. The Morgan fingerprint density at radius 2 is 1.83 bits per heavy atom. The van der Waals surface area contributed by atoms with Gasteiger partial charge in [0.15, 0.2) is 6.61 Å². The molecule has 30 heavy (non-hydrogen) atoms. The summed E-state index contributed by atoms with van der Waals surface area (Å²) in [5.41, 5.74) is 1.59. The van der Waals surface area contributed by atoms with Gasteiger partial charge in [-0.25, -0.2) is 4.79 Å². The van der Waals surface area contributed by atoms with Crippen molar-refractivity contribution in [2.45, 2.75) is 13.3 Å². The molecular formula is C23H25NO6. The summed E-state index contributed by atoms with van der Waals surface area (Å²) in [7, 11) is 4.81. The summed E-state index contributed by atoms with van der Waals surface area (Å²) >= 11 is 0. The van der Waals surface area contributed by atoms with Gasteiger partial charge < -0.3 is 23.7 Å². The predicted octanol–water partition coefficient (Wildman–Crippen LogP) is 2.17. The van der Waals surface area contributed by atoms with Crippen LogP contribution in [0.2, 0.25) is 0 Å². The van der Waals surface area contributed by atoms with Crippen molar-refractivity contribution in [1.82, 2.24) is 4.98 Å². The fourth-order valence-electron chi connectivity index (χ4n) is 3.16. The molecule has 0 N–H and O–H groups in total. The number of rotatable bonds is 8. The number of esters is 1. The van der Waals surface area contributed by atoms with Crippen LogP contribution >= 0.6 is 0 Å². The van der Waals surface area contributed by atoms with Gasteiger partial charge in [0.25, 0.3) is 0 Å². The lowest BCUT2D eigenvalue weighted by atomic mass is 10.0. The third-order valence-electron chi connectivity index (χ3n) is 4.63. The summed E-state index contributed by atoms with van der Waals surface area (Å²) in [6.45, 7) is 1.81. The molecule has 3 rings (SSSR count). The van der Waals surface area contributed by atoms with Crippen LogP contribution in [0.15, 0.2) is 42.3 Å². The predicted molar refractivity (Wildman–Crippen MR) is 112 cm³/mol. The summed E-state index contributed by atoms with van der Waals surface area (Å²) in [6.07, 6.45) is 5.93. The number of nitrogens with zero attached hydrogens (tertiary/aromatic N) is 1. The Balaban J connectivity index is 2.21. The molecule has 7 heteroatoms. The van der Waals surface area contributed by atoms with Crippen molar-refractivity contribution in [3.8, 4) is 22.6 Å². The number of methoxy groups -OCH3 is 3. The van der Waals surface area contributed by atoms with Crippen LogP contribution in [0.4, 0.5) is 0 Å². The van der Waals surface area contributed by atoms with Gasteiger partial charge in [0.1, 0.15) is 23.0 Å². The number of benzene rings is 1.